The van der Waals surface area contributed by atoms with Crippen molar-refractivity contribution < 1.29 is 4.74 Å². The molecule has 1 aromatic rings. The van der Waals surface area contributed by atoms with Crippen molar-refractivity contribution in [2.45, 2.75) is 0 Å². The fourth-order valence-corrected chi connectivity index (χ4v) is 2.80. The number of halogens is 4. The molecule has 1 rings (SSSR count). The number of rotatable bonds is 3. The predicted molar refractivity (Wildman–Crippen MR) is 65.5 cm³/mol. The SMILES string of the molecule is ClC(=C[P+](Cl)(Cl)Cl)Oc1ccccc1. The van der Waals surface area contributed by atoms with Crippen LogP contribution < -0.4 is 4.74 Å². The van der Waals surface area contributed by atoms with E-state index in [9.17, 15) is 0 Å². The highest BCUT2D eigenvalue weighted by molar-refractivity contribution is 8.34. The van der Waals surface area contributed by atoms with E-state index in [2.05, 4.69) is 0 Å². The molecule has 0 heterocycles. The first-order valence-corrected chi connectivity index (χ1v) is 8.51. The van der Waals surface area contributed by atoms with Crippen molar-refractivity contribution in [1.29, 1.82) is 0 Å². The monoisotopic (exact) mass is 289 g/mol. The molecule has 1 nitrogen and oxygen atoms in total. The van der Waals surface area contributed by atoms with Gasteiger partial charge in [0.05, 0.1) is 0 Å². The van der Waals surface area contributed by atoms with Crippen LogP contribution >= 0.6 is 50.6 Å². The third-order valence-electron chi connectivity index (χ3n) is 1.21. The number of benzene rings is 1. The lowest BCUT2D eigenvalue weighted by Crippen LogP contribution is -1.86. The summed E-state index contributed by atoms with van der Waals surface area (Å²) in [5.74, 6) is 1.90. The summed E-state index contributed by atoms with van der Waals surface area (Å²) in [6, 6.07) is 9.03. The van der Waals surface area contributed by atoms with E-state index >= 15 is 0 Å². The Balaban J connectivity index is 2.67. The van der Waals surface area contributed by atoms with E-state index in [-0.39, 0.29) is 5.22 Å². The van der Waals surface area contributed by atoms with Crippen molar-refractivity contribution in [2.24, 2.45) is 0 Å². The zero-order valence-electron chi connectivity index (χ0n) is 6.83. The Hall–Kier alpha value is 0.350. The fraction of sp³-hybridized carbons (Fsp3) is 0. The van der Waals surface area contributed by atoms with Crippen LogP contribution in [0.4, 0.5) is 0 Å². The highest BCUT2D eigenvalue weighted by atomic mass is 36.1. The minimum Gasteiger partial charge on any atom is -0.442 e. The summed E-state index contributed by atoms with van der Waals surface area (Å²) in [6.07, 6.45) is 0. The maximum absolute atomic E-state index is 5.71. The normalized spacial score (nSPS) is 12.7. The van der Waals surface area contributed by atoms with Gasteiger partial charge in [-0.05, 0) is 23.7 Å². The van der Waals surface area contributed by atoms with Crippen LogP contribution in [0.2, 0.25) is 0 Å². The Morgan fingerprint density at radius 2 is 1.71 bits per heavy atom. The standard InChI is InChI=1S/C8H6Cl4OP/c9-8(6-14(10,11)12)13-7-4-2-1-3-5-7/h1-6H/q+1. The number of hydrogen-bond acceptors (Lipinski definition) is 1. The molecule has 0 saturated carbocycles. The Labute approximate surface area is 102 Å². The molecule has 0 bridgehead atoms. The van der Waals surface area contributed by atoms with Gasteiger partial charge in [-0.25, -0.2) is 0 Å². The lowest BCUT2D eigenvalue weighted by molar-refractivity contribution is 0.464. The molecule has 14 heavy (non-hydrogen) atoms. The minimum absolute atomic E-state index is 0.0736. The van der Waals surface area contributed by atoms with Crippen LogP contribution in [0, 0.1) is 0 Å². The summed E-state index contributed by atoms with van der Waals surface area (Å²) >= 11 is 22.5. The van der Waals surface area contributed by atoms with E-state index in [1.165, 1.54) is 5.82 Å². The van der Waals surface area contributed by atoms with Gasteiger partial charge in [0.15, 0.2) is 5.82 Å². The van der Waals surface area contributed by atoms with Gasteiger partial charge in [0, 0.05) is 0 Å². The summed E-state index contributed by atoms with van der Waals surface area (Å²) in [5.41, 5.74) is 0. The van der Waals surface area contributed by atoms with Gasteiger partial charge in [-0.15, -0.1) is 0 Å². The zero-order valence-corrected chi connectivity index (χ0v) is 10.7. The van der Waals surface area contributed by atoms with Crippen molar-refractivity contribution >= 4 is 50.6 Å². The molecule has 1 aromatic carbocycles. The van der Waals surface area contributed by atoms with Crippen LogP contribution in [0.1, 0.15) is 0 Å². The maximum Gasteiger partial charge on any atom is 0.337 e. The molecule has 0 N–H and O–H groups in total. The molecule has 0 radical (unpaired) electrons. The second-order valence-corrected chi connectivity index (χ2v) is 10.3. The smallest absolute Gasteiger partial charge is 0.337 e. The molecular formula is C8H6Cl4OP+. The zero-order chi connectivity index (χ0) is 10.6. The maximum atomic E-state index is 5.71. The largest absolute Gasteiger partial charge is 0.442 e. The first kappa shape index (κ1) is 12.4. The second kappa shape index (κ2) is 5.44. The van der Waals surface area contributed by atoms with Gasteiger partial charge in [-0.2, -0.15) is 0 Å². The highest BCUT2D eigenvalue weighted by Gasteiger charge is 2.31. The van der Waals surface area contributed by atoms with Gasteiger partial charge >= 0.3 is 5.32 Å². The molecule has 6 heteroatoms. The van der Waals surface area contributed by atoms with Gasteiger partial charge in [0.1, 0.15) is 39.5 Å². The van der Waals surface area contributed by atoms with Crippen LogP contribution in [-0.4, -0.2) is 0 Å². The van der Waals surface area contributed by atoms with Crippen LogP contribution in [0.5, 0.6) is 5.75 Å². The molecule has 0 aliphatic rings. The van der Waals surface area contributed by atoms with Crippen molar-refractivity contribution in [1.82, 2.24) is 0 Å². The molecule has 76 valence electrons. The van der Waals surface area contributed by atoms with E-state index < -0.39 is 5.32 Å². The first-order valence-electron chi connectivity index (χ1n) is 3.56. The van der Waals surface area contributed by atoms with Crippen LogP contribution in [0.25, 0.3) is 0 Å². The second-order valence-electron chi connectivity index (χ2n) is 2.33. The fourth-order valence-electron chi connectivity index (χ4n) is 0.743. The summed E-state index contributed by atoms with van der Waals surface area (Å²) < 4.78 is 5.19. The van der Waals surface area contributed by atoms with E-state index in [1.807, 2.05) is 18.2 Å². The average molecular weight is 291 g/mol. The van der Waals surface area contributed by atoms with Gasteiger partial charge in [0.2, 0.25) is 5.22 Å². The molecule has 0 fully saturated rings. The molecular weight excluding hydrogens is 285 g/mol. The summed E-state index contributed by atoms with van der Waals surface area (Å²) in [7, 11) is 0. The van der Waals surface area contributed by atoms with Crippen LogP contribution in [-0.2, 0) is 0 Å². The number of ether oxygens (including phenoxy) is 1. The lowest BCUT2D eigenvalue weighted by Gasteiger charge is -2.01. The molecule has 0 unspecified atom stereocenters. The molecule has 0 aliphatic carbocycles. The molecule has 0 amide bonds. The number of hydrogen-bond donors (Lipinski definition) is 0. The summed E-state index contributed by atoms with van der Waals surface area (Å²) in [6.45, 7) is 0. The van der Waals surface area contributed by atoms with Gasteiger partial charge in [-0.3, -0.25) is 0 Å². The quantitative estimate of drug-likeness (QED) is 0.521. The van der Waals surface area contributed by atoms with E-state index in [0.717, 1.165) is 0 Å². The van der Waals surface area contributed by atoms with Crippen LogP contribution in [0.3, 0.4) is 0 Å². The molecule has 0 saturated heterocycles. The summed E-state index contributed by atoms with van der Waals surface area (Å²) in [4.78, 5) is 0. The van der Waals surface area contributed by atoms with Gasteiger partial charge in [-0.1, -0.05) is 18.2 Å². The van der Waals surface area contributed by atoms with Crippen LogP contribution in [0.15, 0.2) is 41.4 Å². The Morgan fingerprint density at radius 3 is 2.21 bits per heavy atom. The third kappa shape index (κ3) is 5.29. The average Bonchev–Trinajstić information content (AvgIpc) is 2.02. The van der Waals surface area contributed by atoms with Crippen molar-refractivity contribution in [3.63, 3.8) is 0 Å². The van der Waals surface area contributed by atoms with Gasteiger partial charge in [0.25, 0.3) is 0 Å². The highest BCUT2D eigenvalue weighted by Crippen LogP contribution is 2.75. The Kier molecular flexibility index (Phi) is 4.82. The first-order chi connectivity index (χ1) is 6.47. The van der Waals surface area contributed by atoms with Crippen molar-refractivity contribution in [3.8, 4) is 5.75 Å². The topological polar surface area (TPSA) is 9.23 Å². The Bertz CT molecular complexity index is 320. The number of para-hydroxylation sites is 1. The molecule has 0 atom stereocenters. The predicted octanol–water partition coefficient (Wildman–Crippen LogP) is 5.58. The Morgan fingerprint density at radius 1 is 1.14 bits per heavy atom. The summed E-state index contributed by atoms with van der Waals surface area (Å²) in [5, 5.41) is -2.54. The van der Waals surface area contributed by atoms with E-state index in [4.69, 9.17) is 50.1 Å². The van der Waals surface area contributed by atoms with E-state index in [1.54, 1.807) is 12.1 Å². The van der Waals surface area contributed by atoms with Gasteiger partial charge < -0.3 is 4.74 Å². The molecule has 0 aromatic heterocycles. The van der Waals surface area contributed by atoms with Crippen molar-refractivity contribution in [2.75, 3.05) is 0 Å². The third-order valence-corrected chi connectivity index (χ3v) is 2.95. The van der Waals surface area contributed by atoms with E-state index in [0.29, 0.717) is 5.75 Å². The molecule has 0 aliphatic heterocycles. The molecule has 0 spiro atoms. The lowest BCUT2D eigenvalue weighted by atomic mass is 10.3. The minimum atomic E-state index is -2.61. The van der Waals surface area contributed by atoms with Crippen molar-refractivity contribution in [3.05, 3.63) is 41.4 Å².